The number of aliphatic hydroxyl groups is 1. The van der Waals surface area contributed by atoms with E-state index in [1.807, 2.05) is 6.92 Å². The first kappa shape index (κ1) is 10.6. The van der Waals surface area contributed by atoms with Crippen molar-refractivity contribution in [1.29, 1.82) is 0 Å². The molecule has 0 aromatic carbocycles. The van der Waals surface area contributed by atoms with Crippen LogP contribution in [-0.2, 0) is 4.79 Å². The number of carbonyl (C=O) groups excluding carboxylic acids is 1. The van der Waals surface area contributed by atoms with Crippen LogP contribution in [0.3, 0.4) is 0 Å². The van der Waals surface area contributed by atoms with Gasteiger partial charge < -0.3 is 9.90 Å². The van der Waals surface area contributed by atoms with Crippen molar-refractivity contribution >= 4 is 6.29 Å². The summed E-state index contributed by atoms with van der Waals surface area (Å²) < 4.78 is 0. The number of hydrogen-bond donors (Lipinski definition) is 1. The van der Waals surface area contributed by atoms with Gasteiger partial charge >= 0.3 is 0 Å². The van der Waals surface area contributed by atoms with Crippen LogP contribution in [-0.4, -0.2) is 17.5 Å². The molecule has 0 amide bonds. The molecule has 0 spiro atoms. The number of aldehydes is 1. The molecule has 0 fully saturated rings. The predicted octanol–water partition coefficient (Wildman–Crippen LogP) is 0.982. The second kappa shape index (κ2) is 9.80. The first-order chi connectivity index (χ1) is 3.65. The normalized spacial score (nSPS) is 7.62. The van der Waals surface area contributed by atoms with Crippen LogP contribution in [0.4, 0.5) is 0 Å². The van der Waals surface area contributed by atoms with Gasteiger partial charge in [0.15, 0.2) is 0 Å². The zero-order valence-electron chi connectivity index (χ0n) is 5.72. The van der Waals surface area contributed by atoms with Crippen molar-refractivity contribution in [1.82, 2.24) is 0 Å². The molecule has 0 atom stereocenters. The van der Waals surface area contributed by atoms with Gasteiger partial charge in [-0.2, -0.15) is 0 Å². The molecule has 0 saturated carbocycles. The molecule has 0 radical (unpaired) electrons. The largest absolute Gasteiger partial charge is 0.394 e. The van der Waals surface area contributed by atoms with E-state index in [0.29, 0.717) is 6.42 Å². The van der Waals surface area contributed by atoms with Crippen LogP contribution >= 0.6 is 0 Å². The lowest BCUT2D eigenvalue weighted by Gasteiger charge is -1.80. The fourth-order valence-electron chi connectivity index (χ4n) is 0. The van der Waals surface area contributed by atoms with Gasteiger partial charge in [0.25, 0.3) is 0 Å². The van der Waals surface area contributed by atoms with Gasteiger partial charge in [0, 0.05) is 12.5 Å². The second-order valence-corrected chi connectivity index (χ2v) is 1.67. The van der Waals surface area contributed by atoms with E-state index in [1.54, 1.807) is 13.8 Å². The van der Waals surface area contributed by atoms with Gasteiger partial charge in [-0.3, -0.25) is 0 Å². The third kappa shape index (κ3) is 304. The highest BCUT2D eigenvalue weighted by Gasteiger charge is 1.69. The van der Waals surface area contributed by atoms with Gasteiger partial charge in [-0.15, -0.1) is 0 Å². The Hall–Kier alpha value is -0.370. The fraction of sp³-hybridized carbons (Fsp3) is 0.833. The lowest BCUT2D eigenvalue weighted by molar-refractivity contribution is -0.107. The third-order valence-corrected chi connectivity index (χ3v) is 0.167. The molecule has 0 aromatic rings. The van der Waals surface area contributed by atoms with Crippen LogP contribution in [0.15, 0.2) is 0 Å². The molecule has 0 rings (SSSR count). The number of aliphatic hydroxyl groups excluding tert-OH is 1. The highest BCUT2D eigenvalue weighted by atomic mass is 16.3. The molecule has 0 heterocycles. The highest BCUT2D eigenvalue weighted by Crippen LogP contribution is 1.65. The molecule has 0 aliphatic rings. The van der Waals surface area contributed by atoms with Gasteiger partial charge in [-0.1, -0.05) is 6.92 Å². The van der Waals surface area contributed by atoms with E-state index in [4.69, 9.17) is 5.11 Å². The molecule has 8 heavy (non-hydrogen) atoms. The molecule has 2 nitrogen and oxygen atoms in total. The number of hydrogen-bond acceptors (Lipinski definition) is 2. The first-order valence-electron chi connectivity index (χ1n) is 2.76. The maximum Gasteiger partial charge on any atom is 0.119 e. The van der Waals surface area contributed by atoms with Crippen molar-refractivity contribution in [2.24, 2.45) is 0 Å². The molecular weight excluding hydrogens is 104 g/mol. The standard InChI is InChI=1S/C3H8O.C3H6O/c1-3(2)4;1-2-3-4/h3-4H,1-2H3;3H,2H2,1H3. The van der Waals surface area contributed by atoms with Crippen LogP contribution < -0.4 is 0 Å². The predicted molar refractivity (Wildman–Crippen MR) is 33.7 cm³/mol. The molecule has 1 N–H and O–H groups in total. The third-order valence-electron chi connectivity index (χ3n) is 0.167. The molecule has 0 aliphatic carbocycles. The minimum Gasteiger partial charge on any atom is -0.394 e. The summed E-state index contributed by atoms with van der Waals surface area (Å²) in [5.41, 5.74) is 0. The van der Waals surface area contributed by atoms with E-state index in [0.717, 1.165) is 6.29 Å². The SMILES string of the molecule is CC(C)O.CCC=O. The summed E-state index contributed by atoms with van der Waals surface area (Å²) in [6.07, 6.45) is 1.35. The molecule has 2 heteroatoms. The zero-order valence-corrected chi connectivity index (χ0v) is 5.72. The Morgan fingerprint density at radius 3 is 1.75 bits per heavy atom. The topological polar surface area (TPSA) is 37.3 Å². The van der Waals surface area contributed by atoms with Crippen LogP contribution in [0.25, 0.3) is 0 Å². The van der Waals surface area contributed by atoms with Gasteiger partial charge in [-0.25, -0.2) is 0 Å². The maximum atomic E-state index is 9.17. The number of carbonyl (C=O) groups is 1. The molecular formula is C6H14O2. The summed E-state index contributed by atoms with van der Waals surface area (Å²) in [6.45, 7) is 5.26. The average Bonchev–Trinajstić information content (AvgIpc) is 1.65. The Balaban J connectivity index is 0. The van der Waals surface area contributed by atoms with Crippen molar-refractivity contribution < 1.29 is 9.90 Å². The Labute approximate surface area is 50.5 Å². The zero-order chi connectivity index (χ0) is 6.99. The lowest BCUT2D eigenvalue weighted by Crippen LogP contribution is -1.85. The van der Waals surface area contributed by atoms with Gasteiger partial charge in [0.1, 0.15) is 6.29 Å². The van der Waals surface area contributed by atoms with E-state index >= 15 is 0 Å². The summed E-state index contributed by atoms with van der Waals surface area (Å²) in [6, 6.07) is 0. The summed E-state index contributed by atoms with van der Waals surface area (Å²) in [4.78, 5) is 9.17. The highest BCUT2D eigenvalue weighted by molar-refractivity contribution is 5.48. The summed E-state index contributed by atoms with van der Waals surface area (Å²) in [5, 5.41) is 8.06. The van der Waals surface area contributed by atoms with Crippen LogP contribution in [0.1, 0.15) is 27.2 Å². The molecule has 0 unspecified atom stereocenters. The van der Waals surface area contributed by atoms with Crippen molar-refractivity contribution in [3.8, 4) is 0 Å². The minimum absolute atomic E-state index is 0.167. The smallest absolute Gasteiger partial charge is 0.119 e. The fourth-order valence-corrected chi connectivity index (χ4v) is 0. The van der Waals surface area contributed by atoms with Crippen LogP contribution in [0, 0.1) is 0 Å². The Morgan fingerprint density at radius 2 is 1.75 bits per heavy atom. The summed E-state index contributed by atoms with van der Waals surface area (Å²) >= 11 is 0. The van der Waals surface area contributed by atoms with Gasteiger partial charge in [0.2, 0.25) is 0 Å². The molecule has 0 bridgehead atoms. The molecule has 0 aromatic heterocycles. The summed E-state index contributed by atoms with van der Waals surface area (Å²) in [5.74, 6) is 0. The van der Waals surface area contributed by atoms with E-state index < -0.39 is 0 Å². The van der Waals surface area contributed by atoms with E-state index in [-0.39, 0.29) is 6.10 Å². The quantitative estimate of drug-likeness (QED) is 0.521. The van der Waals surface area contributed by atoms with Gasteiger partial charge in [-0.05, 0) is 13.8 Å². The first-order valence-corrected chi connectivity index (χ1v) is 2.76. The summed E-state index contributed by atoms with van der Waals surface area (Å²) in [7, 11) is 0. The van der Waals surface area contributed by atoms with Crippen molar-refractivity contribution in [2.45, 2.75) is 33.3 Å². The van der Waals surface area contributed by atoms with Crippen LogP contribution in [0.2, 0.25) is 0 Å². The lowest BCUT2D eigenvalue weighted by atomic mass is 10.5. The van der Waals surface area contributed by atoms with E-state index in [2.05, 4.69) is 0 Å². The molecule has 0 aliphatic heterocycles. The average molecular weight is 118 g/mol. The Bertz CT molecular complexity index is 39.0. The minimum atomic E-state index is -0.167. The Morgan fingerprint density at radius 1 is 1.62 bits per heavy atom. The molecule has 0 saturated heterocycles. The number of rotatable bonds is 1. The van der Waals surface area contributed by atoms with Crippen molar-refractivity contribution in [2.75, 3.05) is 0 Å². The second-order valence-electron chi connectivity index (χ2n) is 1.67. The van der Waals surface area contributed by atoms with Gasteiger partial charge in [0.05, 0.1) is 0 Å². The van der Waals surface area contributed by atoms with Crippen molar-refractivity contribution in [3.05, 3.63) is 0 Å². The van der Waals surface area contributed by atoms with E-state index in [1.165, 1.54) is 0 Å². The van der Waals surface area contributed by atoms with Crippen molar-refractivity contribution in [3.63, 3.8) is 0 Å². The Kier molecular flexibility index (Phi) is 13.0. The van der Waals surface area contributed by atoms with E-state index in [9.17, 15) is 4.79 Å². The van der Waals surface area contributed by atoms with Crippen LogP contribution in [0.5, 0.6) is 0 Å². The maximum absolute atomic E-state index is 9.17. The monoisotopic (exact) mass is 118 g/mol. The molecule has 50 valence electrons.